The van der Waals surface area contributed by atoms with Gasteiger partial charge in [-0.3, -0.25) is 23.2 Å². The molecule has 0 fully saturated rings. The van der Waals surface area contributed by atoms with Crippen LogP contribution in [0.3, 0.4) is 0 Å². The Morgan fingerprint density at radius 2 is 1.05 bits per heavy atom. The summed E-state index contributed by atoms with van der Waals surface area (Å²) in [5.41, 5.74) is 0. The Morgan fingerprint density at radius 1 is 0.548 bits per heavy atom. The van der Waals surface area contributed by atoms with Crippen LogP contribution in [-0.2, 0) is 41.8 Å². The number of hydrogen-bond donors (Lipinski definition) is 7. The first-order valence-corrected chi connectivity index (χ1v) is 25.5. The highest BCUT2D eigenvalue weighted by atomic mass is 31.2. The Balaban J connectivity index is 4.83. The van der Waals surface area contributed by atoms with E-state index in [9.17, 15) is 44.0 Å². The van der Waals surface area contributed by atoms with Gasteiger partial charge in [-0.15, -0.1) is 0 Å². The molecule has 0 saturated carbocycles. The molecule has 18 heteroatoms. The average molecular weight is 927 g/mol. The molecular formula is C44H80O16P2. The van der Waals surface area contributed by atoms with Gasteiger partial charge in [-0.2, -0.15) is 0 Å². The third kappa shape index (κ3) is 40.7. The van der Waals surface area contributed by atoms with E-state index in [4.69, 9.17) is 23.8 Å². The quantitative estimate of drug-likeness (QED) is 0.0132. The summed E-state index contributed by atoms with van der Waals surface area (Å²) >= 11 is 0. The van der Waals surface area contributed by atoms with Crippen LogP contribution < -0.4 is 0 Å². The monoisotopic (exact) mass is 926 g/mol. The maximum Gasteiger partial charge on any atom is 0.472 e. The average Bonchev–Trinajstić information content (AvgIpc) is 3.20. The first kappa shape index (κ1) is 60.0. The van der Waals surface area contributed by atoms with E-state index in [0.29, 0.717) is 6.42 Å². The molecule has 0 aliphatic rings. The van der Waals surface area contributed by atoms with Crippen LogP contribution in [0, 0.1) is 5.92 Å². The number of hydrogen-bond acceptors (Lipinski definition) is 13. The maximum absolute atomic E-state index is 12.7. The Morgan fingerprint density at radius 3 is 1.63 bits per heavy atom. The highest BCUT2D eigenvalue weighted by Crippen LogP contribution is 2.43. The molecule has 0 heterocycles. The molecular weight excluding hydrogens is 846 g/mol. The van der Waals surface area contributed by atoms with Gasteiger partial charge < -0.3 is 44.6 Å². The van der Waals surface area contributed by atoms with Crippen LogP contribution in [0.1, 0.15) is 156 Å². The zero-order valence-corrected chi connectivity index (χ0v) is 39.2. The molecule has 0 bridgehead atoms. The summed E-state index contributed by atoms with van der Waals surface area (Å²) in [6, 6.07) is 0. The highest BCUT2D eigenvalue weighted by molar-refractivity contribution is 7.47. The minimum Gasteiger partial charge on any atom is -0.462 e. The summed E-state index contributed by atoms with van der Waals surface area (Å²) in [6.07, 6.45) is 26.2. The number of allylic oxidation sites excluding steroid dienone is 6. The van der Waals surface area contributed by atoms with E-state index < -0.39 is 84.5 Å². The first-order chi connectivity index (χ1) is 29.4. The molecule has 0 rings (SSSR count). The van der Waals surface area contributed by atoms with Crippen molar-refractivity contribution < 1.29 is 76.9 Å². The lowest BCUT2D eigenvalue weighted by atomic mass is 10.0. The standard InChI is InChI=1S/C44H80O16P2/c1-4-5-20-27-38(45)28-22-17-14-15-18-23-29-41(47)42(48)30-25-32-44(50)60-40(36-59-62(54,55)58-34-39(46)33-57-61(51,52)53)35-56-43(49)31-24-19-13-11-9-7-6-8-10-12-16-21-26-37(2)3/h14-15,17-18,22-23,28-29,37-42,45-48H,4-13,16,19-21,24-27,30-36H2,1-3H3,(H,54,55)(H2,51,52,53)/b17-14-,18-15+,28-22+,29-23+/t38-,39-,40+,41-,42-/m0/s1. The number of phosphoric ester groups is 2. The lowest BCUT2D eigenvalue weighted by Gasteiger charge is -2.21. The Hall–Kier alpha value is -2.04. The lowest BCUT2D eigenvalue weighted by molar-refractivity contribution is -0.161. The summed E-state index contributed by atoms with van der Waals surface area (Å²) in [6.45, 7) is 3.57. The topological polar surface area (TPSA) is 256 Å². The van der Waals surface area contributed by atoms with Gasteiger partial charge in [0.2, 0.25) is 0 Å². The molecule has 0 radical (unpaired) electrons. The fourth-order valence-electron chi connectivity index (χ4n) is 5.92. The molecule has 16 nitrogen and oxygen atoms in total. The number of aliphatic hydroxyl groups is 4. The molecule has 362 valence electrons. The number of unbranched alkanes of at least 4 members (excludes halogenated alkanes) is 13. The van der Waals surface area contributed by atoms with Crippen LogP contribution >= 0.6 is 15.6 Å². The third-order valence-corrected chi connectivity index (χ3v) is 10.9. The van der Waals surface area contributed by atoms with Crippen molar-refractivity contribution in [2.24, 2.45) is 5.92 Å². The summed E-state index contributed by atoms with van der Waals surface area (Å²) in [4.78, 5) is 52.8. The van der Waals surface area contributed by atoms with Crippen LogP contribution in [0.25, 0.3) is 0 Å². The second kappa shape index (κ2) is 38.3. The van der Waals surface area contributed by atoms with Gasteiger partial charge in [0.25, 0.3) is 0 Å². The molecule has 0 aromatic heterocycles. The van der Waals surface area contributed by atoms with Gasteiger partial charge in [-0.05, 0) is 31.6 Å². The second-order valence-electron chi connectivity index (χ2n) is 16.0. The van der Waals surface area contributed by atoms with E-state index in [-0.39, 0.29) is 25.7 Å². The predicted molar refractivity (Wildman–Crippen MR) is 239 cm³/mol. The van der Waals surface area contributed by atoms with Gasteiger partial charge in [0.1, 0.15) is 12.7 Å². The van der Waals surface area contributed by atoms with Crippen LogP contribution in [0.15, 0.2) is 48.6 Å². The number of carbonyl (C=O) groups excluding carboxylic acids is 2. The van der Waals surface area contributed by atoms with Gasteiger partial charge in [0.15, 0.2) is 6.10 Å². The van der Waals surface area contributed by atoms with Crippen LogP contribution in [0.2, 0.25) is 0 Å². The summed E-state index contributed by atoms with van der Waals surface area (Å²) < 4.78 is 47.5. The minimum atomic E-state index is -4.91. The number of ether oxygens (including phenoxy) is 2. The highest BCUT2D eigenvalue weighted by Gasteiger charge is 2.28. The Kier molecular flexibility index (Phi) is 37.0. The zero-order chi connectivity index (χ0) is 46.5. The van der Waals surface area contributed by atoms with Crippen molar-refractivity contribution in [3.05, 3.63) is 48.6 Å². The largest absolute Gasteiger partial charge is 0.472 e. The van der Waals surface area contributed by atoms with Crippen molar-refractivity contribution in [1.29, 1.82) is 0 Å². The van der Waals surface area contributed by atoms with E-state index in [1.165, 1.54) is 57.4 Å². The number of rotatable bonds is 41. The molecule has 0 aliphatic carbocycles. The molecule has 0 saturated heterocycles. The lowest BCUT2D eigenvalue weighted by Crippen LogP contribution is -2.30. The van der Waals surface area contributed by atoms with E-state index in [2.05, 4.69) is 29.8 Å². The van der Waals surface area contributed by atoms with Gasteiger partial charge in [0.05, 0.1) is 38.1 Å². The Labute approximate surface area is 370 Å². The number of esters is 2. The van der Waals surface area contributed by atoms with Crippen molar-refractivity contribution in [3.8, 4) is 0 Å². The van der Waals surface area contributed by atoms with E-state index in [1.807, 2.05) is 0 Å². The number of aliphatic hydroxyl groups excluding tert-OH is 4. The molecule has 0 spiro atoms. The Bertz CT molecular complexity index is 1350. The number of phosphoric acid groups is 2. The molecule has 7 N–H and O–H groups in total. The maximum atomic E-state index is 12.7. The first-order valence-electron chi connectivity index (χ1n) is 22.5. The van der Waals surface area contributed by atoms with E-state index >= 15 is 0 Å². The molecule has 0 aromatic rings. The van der Waals surface area contributed by atoms with Crippen molar-refractivity contribution >= 4 is 27.6 Å². The predicted octanol–water partition coefficient (Wildman–Crippen LogP) is 8.22. The van der Waals surface area contributed by atoms with E-state index in [0.717, 1.165) is 57.3 Å². The SMILES string of the molecule is CCCCC[C@H](O)/C=C/C=C\C=C\C=C\[C@H](O)[C@@H](O)CCCC(=O)O[C@H](COC(=O)CCCCCCCCCCCCCCC(C)C)COP(=O)(O)OC[C@@H](O)COP(=O)(O)O. The van der Waals surface area contributed by atoms with Crippen molar-refractivity contribution in [3.63, 3.8) is 0 Å². The van der Waals surface area contributed by atoms with E-state index in [1.54, 1.807) is 42.5 Å². The normalized spacial score (nSPS) is 16.0. The summed E-state index contributed by atoms with van der Waals surface area (Å²) in [5, 5.41) is 40.3. The smallest absolute Gasteiger partial charge is 0.462 e. The fourth-order valence-corrected chi connectivity index (χ4v) is 7.07. The molecule has 0 aliphatic heterocycles. The molecule has 1 unspecified atom stereocenters. The fraction of sp³-hybridized carbons (Fsp3) is 0.773. The van der Waals surface area contributed by atoms with Crippen molar-refractivity contribution in [1.82, 2.24) is 0 Å². The molecule has 62 heavy (non-hydrogen) atoms. The zero-order valence-electron chi connectivity index (χ0n) is 37.5. The second-order valence-corrected chi connectivity index (χ2v) is 18.7. The molecule has 0 amide bonds. The minimum absolute atomic E-state index is 0.0260. The van der Waals surface area contributed by atoms with Crippen LogP contribution in [0.4, 0.5) is 0 Å². The van der Waals surface area contributed by atoms with Crippen LogP contribution in [-0.4, -0.2) is 104 Å². The van der Waals surface area contributed by atoms with Gasteiger partial charge in [-0.25, -0.2) is 9.13 Å². The van der Waals surface area contributed by atoms with Gasteiger partial charge in [0, 0.05) is 12.8 Å². The summed E-state index contributed by atoms with van der Waals surface area (Å²) in [7, 11) is -9.81. The number of carbonyl (C=O) groups is 2. The van der Waals surface area contributed by atoms with Crippen LogP contribution in [0.5, 0.6) is 0 Å². The van der Waals surface area contributed by atoms with Crippen molar-refractivity contribution in [2.45, 2.75) is 186 Å². The summed E-state index contributed by atoms with van der Waals surface area (Å²) in [5.74, 6) is -0.583. The van der Waals surface area contributed by atoms with Crippen molar-refractivity contribution in [2.75, 3.05) is 26.4 Å². The molecule has 6 atom stereocenters. The third-order valence-electron chi connectivity index (χ3n) is 9.51. The van der Waals surface area contributed by atoms with Gasteiger partial charge in [-0.1, -0.05) is 166 Å². The molecule has 0 aromatic carbocycles. The van der Waals surface area contributed by atoms with Gasteiger partial charge >= 0.3 is 27.6 Å².